The van der Waals surface area contributed by atoms with Gasteiger partial charge in [-0.05, 0) is 49.2 Å². The highest BCUT2D eigenvalue weighted by atomic mass is 16.5. The number of likely N-dealkylation sites (tertiary alicyclic amines) is 1. The van der Waals surface area contributed by atoms with Crippen molar-refractivity contribution in [1.29, 1.82) is 0 Å². The van der Waals surface area contributed by atoms with Gasteiger partial charge in [0.25, 0.3) is 5.91 Å². The van der Waals surface area contributed by atoms with Gasteiger partial charge in [0.2, 0.25) is 5.91 Å². The Labute approximate surface area is 205 Å². The van der Waals surface area contributed by atoms with Gasteiger partial charge in [-0.15, -0.1) is 0 Å². The summed E-state index contributed by atoms with van der Waals surface area (Å²) in [6.07, 6.45) is 3.15. The maximum absolute atomic E-state index is 13.7. The normalized spacial score (nSPS) is 16.8. The van der Waals surface area contributed by atoms with Crippen LogP contribution in [0.4, 0.5) is 0 Å². The minimum Gasteiger partial charge on any atom is -0.497 e. The number of methoxy groups -OCH3 is 1. The zero-order valence-electron chi connectivity index (χ0n) is 19.9. The number of nitrogens with zero attached hydrogens (tertiary/aromatic N) is 4. The lowest BCUT2D eigenvalue weighted by atomic mass is 9.94. The first kappa shape index (κ1) is 23.1. The van der Waals surface area contributed by atoms with Gasteiger partial charge in [-0.25, -0.2) is 4.68 Å². The van der Waals surface area contributed by atoms with Crippen molar-refractivity contribution in [3.05, 3.63) is 66.4 Å². The molecule has 1 aromatic heterocycles. The van der Waals surface area contributed by atoms with E-state index in [1.54, 1.807) is 11.8 Å². The van der Waals surface area contributed by atoms with E-state index < -0.39 is 0 Å². The molecule has 2 fully saturated rings. The number of ether oxygens (including phenoxy) is 2. The lowest BCUT2D eigenvalue weighted by molar-refractivity contribution is -0.141. The van der Waals surface area contributed by atoms with Crippen molar-refractivity contribution in [3.63, 3.8) is 0 Å². The first-order chi connectivity index (χ1) is 17.1. The summed E-state index contributed by atoms with van der Waals surface area (Å²) in [4.78, 5) is 30.3. The molecule has 2 aliphatic heterocycles. The number of amides is 2. The summed E-state index contributed by atoms with van der Waals surface area (Å²) in [5, 5.41) is 4.78. The van der Waals surface area contributed by atoms with Crippen LogP contribution in [0.15, 0.2) is 60.8 Å². The topological polar surface area (TPSA) is 76.9 Å². The summed E-state index contributed by atoms with van der Waals surface area (Å²) >= 11 is 0. The number of carbonyl (C=O) groups is 2. The molecule has 0 bridgehead atoms. The lowest BCUT2D eigenvalue weighted by Crippen LogP contribution is -2.47. The van der Waals surface area contributed by atoms with Gasteiger partial charge in [0.05, 0.1) is 31.6 Å². The number of benzene rings is 2. The lowest BCUT2D eigenvalue weighted by Gasteiger charge is -2.35. The number of para-hydroxylation sites is 1. The first-order valence-corrected chi connectivity index (χ1v) is 12.1. The summed E-state index contributed by atoms with van der Waals surface area (Å²) in [7, 11) is 1.63. The Morgan fingerprint density at radius 1 is 0.914 bits per heavy atom. The van der Waals surface area contributed by atoms with E-state index in [9.17, 15) is 9.59 Å². The molecule has 8 heteroatoms. The molecule has 2 aromatic carbocycles. The maximum atomic E-state index is 13.7. The summed E-state index contributed by atoms with van der Waals surface area (Å²) < 4.78 is 12.4. The molecular weight excluding hydrogens is 444 g/mol. The fourth-order valence-corrected chi connectivity index (χ4v) is 4.75. The van der Waals surface area contributed by atoms with Crippen molar-refractivity contribution >= 4 is 11.8 Å². The average molecular weight is 475 g/mol. The molecule has 182 valence electrons. The molecule has 0 unspecified atom stereocenters. The molecule has 0 aliphatic carbocycles. The highest BCUT2D eigenvalue weighted by Gasteiger charge is 2.32. The highest BCUT2D eigenvalue weighted by Crippen LogP contribution is 2.29. The van der Waals surface area contributed by atoms with Crippen LogP contribution in [-0.4, -0.2) is 77.9 Å². The summed E-state index contributed by atoms with van der Waals surface area (Å²) in [5.74, 6) is 0.841. The Bertz CT molecular complexity index is 1160. The van der Waals surface area contributed by atoms with Crippen LogP contribution in [0.25, 0.3) is 16.9 Å². The Hall–Kier alpha value is -3.65. The number of aromatic nitrogens is 2. The zero-order chi connectivity index (χ0) is 24.2. The Balaban J connectivity index is 1.36. The van der Waals surface area contributed by atoms with Crippen LogP contribution >= 0.6 is 0 Å². The predicted molar refractivity (Wildman–Crippen MR) is 132 cm³/mol. The van der Waals surface area contributed by atoms with E-state index in [4.69, 9.17) is 14.6 Å². The van der Waals surface area contributed by atoms with E-state index in [1.165, 1.54) is 0 Å². The summed E-state index contributed by atoms with van der Waals surface area (Å²) in [6, 6.07) is 17.3. The van der Waals surface area contributed by atoms with Crippen LogP contribution in [0.5, 0.6) is 5.75 Å². The molecule has 2 aliphatic rings. The molecule has 35 heavy (non-hydrogen) atoms. The van der Waals surface area contributed by atoms with Gasteiger partial charge in [0.1, 0.15) is 11.4 Å². The minimum absolute atomic E-state index is 0.0368. The van der Waals surface area contributed by atoms with Crippen molar-refractivity contribution in [2.24, 2.45) is 5.92 Å². The van der Waals surface area contributed by atoms with Gasteiger partial charge >= 0.3 is 0 Å². The molecule has 2 saturated heterocycles. The van der Waals surface area contributed by atoms with E-state index in [0.717, 1.165) is 17.0 Å². The Morgan fingerprint density at radius 3 is 2.26 bits per heavy atom. The van der Waals surface area contributed by atoms with Crippen molar-refractivity contribution < 1.29 is 19.1 Å². The third-order valence-electron chi connectivity index (χ3n) is 6.78. The maximum Gasteiger partial charge on any atom is 0.257 e. The second-order valence-corrected chi connectivity index (χ2v) is 8.90. The quantitative estimate of drug-likeness (QED) is 0.567. The van der Waals surface area contributed by atoms with Gasteiger partial charge in [-0.2, -0.15) is 5.10 Å². The van der Waals surface area contributed by atoms with Gasteiger partial charge in [-0.3, -0.25) is 9.59 Å². The van der Waals surface area contributed by atoms with Crippen LogP contribution < -0.4 is 4.74 Å². The largest absolute Gasteiger partial charge is 0.497 e. The van der Waals surface area contributed by atoms with Crippen LogP contribution in [-0.2, 0) is 9.53 Å². The molecule has 5 rings (SSSR count). The highest BCUT2D eigenvalue weighted by molar-refractivity contribution is 6.00. The first-order valence-electron chi connectivity index (χ1n) is 12.1. The van der Waals surface area contributed by atoms with E-state index >= 15 is 0 Å². The predicted octanol–water partition coefficient (Wildman–Crippen LogP) is 3.26. The van der Waals surface area contributed by atoms with Crippen LogP contribution in [0.3, 0.4) is 0 Å². The van der Waals surface area contributed by atoms with E-state index in [1.807, 2.05) is 70.6 Å². The van der Waals surface area contributed by atoms with Crippen LogP contribution in [0, 0.1) is 5.92 Å². The van der Waals surface area contributed by atoms with Gasteiger partial charge in [0.15, 0.2) is 0 Å². The SMILES string of the molecule is COc1ccc(-c2nn(-c3ccccc3)cc2C(=O)N2CCC(C(=O)N3CCOCC3)CC2)cc1. The Kier molecular flexibility index (Phi) is 6.81. The van der Waals surface area contributed by atoms with E-state index in [-0.39, 0.29) is 17.7 Å². The summed E-state index contributed by atoms with van der Waals surface area (Å²) in [5.41, 5.74) is 2.92. The number of hydrogen-bond donors (Lipinski definition) is 0. The van der Waals surface area contributed by atoms with Crippen LogP contribution in [0.1, 0.15) is 23.2 Å². The number of rotatable bonds is 5. The minimum atomic E-state index is -0.0599. The number of hydrogen-bond acceptors (Lipinski definition) is 5. The van der Waals surface area contributed by atoms with Crippen molar-refractivity contribution in [1.82, 2.24) is 19.6 Å². The van der Waals surface area contributed by atoms with E-state index in [0.29, 0.717) is 63.5 Å². The number of carbonyl (C=O) groups excluding carboxylic acids is 2. The van der Waals surface area contributed by atoms with Gasteiger partial charge in [-0.1, -0.05) is 18.2 Å². The molecule has 0 radical (unpaired) electrons. The van der Waals surface area contributed by atoms with Crippen molar-refractivity contribution in [2.75, 3.05) is 46.5 Å². The molecule has 3 aromatic rings. The number of morpholine rings is 1. The zero-order valence-corrected chi connectivity index (χ0v) is 19.9. The second kappa shape index (κ2) is 10.3. The Morgan fingerprint density at radius 2 is 1.60 bits per heavy atom. The number of piperidine rings is 1. The molecule has 3 heterocycles. The van der Waals surface area contributed by atoms with E-state index in [2.05, 4.69) is 0 Å². The third-order valence-corrected chi connectivity index (χ3v) is 6.78. The van der Waals surface area contributed by atoms with Gasteiger partial charge in [0, 0.05) is 43.9 Å². The fourth-order valence-electron chi connectivity index (χ4n) is 4.75. The fraction of sp³-hybridized carbons (Fsp3) is 0.370. The summed E-state index contributed by atoms with van der Waals surface area (Å²) in [6.45, 7) is 3.62. The average Bonchev–Trinajstić information content (AvgIpc) is 3.39. The van der Waals surface area contributed by atoms with Crippen molar-refractivity contribution in [2.45, 2.75) is 12.8 Å². The second-order valence-electron chi connectivity index (χ2n) is 8.90. The molecule has 0 saturated carbocycles. The third kappa shape index (κ3) is 4.93. The standard InChI is InChI=1S/C27H30N4O4/c1-34-23-9-7-20(8-10-23)25-24(19-31(28-25)22-5-3-2-4-6-22)27(33)29-13-11-21(12-14-29)26(32)30-15-17-35-18-16-30/h2-10,19,21H,11-18H2,1H3. The van der Waals surface area contributed by atoms with Crippen molar-refractivity contribution in [3.8, 4) is 22.7 Å². The smallest absolute Gasteiger partial charge is 0.257 e. The molecule has 8 nitrogen and oxygen atoms in total. The molecule has 0 spiro atoms. The van der Waals surface area contributed by atoms with Gasteiger partial charge < -0.3 is 19.3 Å². The van der Waals surface area contributed by atoms with Crippen LogP contribution in [0.2, 0.25) is 0 Å². The monoisotopic (exact) mass is 474 g/mol. The molecular formula is C27H30N4O4. The molecule has 0 N–H and O–H groups in total. The molecule has 2 amide bonds. The molecule has 0 atom stereocenters.